The fourth-order valence-corrected chi connectivity index (χ4v) is 1.95. The number of carbonyl (C=O) groups is 1. The van der Waals surface area contributed by atoms with Crippen molar-refractivity contribution in [1.82, 2.24) is 4.90 Å². The minimum atomic E-state index is -0.460. The molecule has 1 aromatic carbocycles. The van der Waals surface area contributed by atoms with Crippen molar-refractivity contribution in [1.29, 1.82) is 0 Å². The van der Waals surface area contributed by atoms with E-state index in [1.165, 1.54) is 4.90 Å². The zero-order valence-corrected chi connectivity index (χ0v) is 9.90. The molecule has 2 rings (SSSR count). The zero-order chi connectivity index (χ0) is 12.8. The quantitative estimate of drug-likeness (QED) is 0.456. The van der Waals surface area contributed by atoms with E-state index >= 15 is 0 Å². The van der Waals surface area contributed by atoms with Crippen molar-refractivity contribution in [3.63, 3.8) is 0 Å². The summed E-state index contributed by atoms with van der Waals surface area (Å²) < 4.78 is 5.23. The summed E-state index contributed by atoms with van der Waals surface area (Å²) in [6.45, 7) is 0.565. The largest absolute Gasteiger partial charge is 0.415 e. The van der Waals surface area contributed by atoms with E-state index in [0.29, 0.717) is 18.7 Å². The Bertz CT molecular complexity index is 456. The smallest absolute Gasteiger partial charge is 0.410 e. The van der Waals surface area contributed by atoms with Crippen LogP contribution in [0.25, 0.3) is 10.4 Å². The minimum Gasteiger partial charge on any atom is -0.410 e. The van der Waals surface area contributed by atoms with E-state index in [0.717, 1.165) is 12.8 Å². The molecule has 0 aliphatic carbocycles. The van der Waals surface area contributed by atoms with Crippen LogP contribution >= 0.6 is 0 Å². The molecule has 6 heteroatoms. The lowest BCUT2D eigenvalue weighted by molar-refractivity contribution is 0.115. The molecule has 1 aliphatic heterocycles. The Morgan fingerprint density at radius 1 is 1.39 bits per heavy atom. The van der Waals surface area contributed by atoms with Gasteiger partial charge >= 0.3 is 6.09 Å². The summed E-state index contributed by atoms with van der Waals surface area (Å²) in [5, 5.41) is 3.63. The Hall–Kier alpha value is -2.20. The fourth-order valence-electron chi connectivity index (χ4n) is 1.95. The molecule has 0 N–H and O–H groups in total. The third-order valence-electron chi connectivity index (χ3n) is 2.84. The van der Waals surface area contributed by atoms with E-state index in [-0.39, 0.29) is 0 Å². The average molecular weight is 246 g/mol. The SMILES string of the molecule is [N-]=[N+]=NC1CCCCN1C(=O)Oc1ccccc1. The summed E-state index contributed by atoms with van der Waals surface area (Å²) in [5.41, 5.74) is 8.49. The Labute approximate surface area is 105 Å². The number of carbonyl (C=O) groups excluding carboxylic acids is 1. The minimum absolute atomic E-state index is 0.431. The molecule has 1 unspecified atom stereocenters. The van der Waals surface area contributed by atoms with Gasteiger partial charge in [0, 0.05) is 11.5 Å². The number of nitrogens with zero attached hydrogens (tertiary/aromatic N) is 4. The second-order valence-electron chi connectivity index (χ2n) is 4.06. The van der Waals surface area contributed by atoms with Crippen molar-refractivity contribution in [3.05, 3.63) is 40.8 Å². The van der Waals surface area contributed by atoms with Gasteiger partial charge in [-0.25, -0.2) is 4.79 Å². The van der Waals surface area contributed by atoms with Crippen molar-refractivity contribution in [3.8, 4) is 5.75 Å². The Morgan fingerprint density at radius 3 is 2.89 bits per heavy atom. The zero-order valence-electron chi connectivity index (χ0n) is 9.90. The predicted octanol–water partition coefficient (Wildman–Crippen LogP) is 3.31. The lowest BCUT2D eigenvalue weighted by atomic mass is 10.1. The number of amides is 1. The van der Waals surface area contributed by atoms with Crippen LogP contribution in [0.2, 0.25) is 0 Å². The number of rotatable bonds is 2. The highest BCUT2D eigenvalue weighted by molar-refractivity contribution is 5.71. The average Bonchev–Trinajstić information content (AvgIpc) is 2.41. The second kappa shape index (κ2) is 5.93. The molecule has 1 aliphatic rings. The van der Waals surface area contributed by atoms with Crippen molar-refractivity contribution >= 4 is 6.09 Å². The van der Waals surface area contributed by atoms with E-state index in [4.69, 9.17) is 10.3 Å². The van der Waals surface area contributed by atoms with Gasteiger partial charge in [-0.1, -0.05) is 23.3 Å². The van der Waals surface area contributed by atoms with Crippen LogP contribution in [0.4, 0.5) is 4.79 Å². The lowest BCUT2D eigenvalue weighted by Crippen LogP contribution is -2.44. The number of hydrogen-bond acceptors (Lipinski definition) is 3. The number of benzene rings is 1. The van der Waals surface area contributed by atoms with Gasteiger partial charge in [-0.05, 0) is 36.9 Å². The first kappa shape index (κ1) is 12.3. The van der Waals surface area contributed by atoms with Crippen LogP contribution in [0.15, 0.2) is 35.4 Å². The predicted molar refractivity (Wildman–Crippen MR) is 66.0 cm³/mol. The molecule has 18 heavy (non-hydrogen) atoms. The van der Waals surface area contributed by atoms with Crippen LogP contribution < -0.4 is 4.74 Å². The molecular weight excluding hydrogens is 232 g/mol. The third kappa shape index (κ3) is 2.93. The molecule has 0 bridgehead atoms. The van der Waals surface area contributed by atoms with Gasteiger partial charge in [0.15, 0.2) is 0 Å². The first-order valence-corrected chi connectivity index (χ1v) is 5.89. The van der Waals surface area contributed by atoms with E-state index < -0.39 is 12.3 Å². The van der Waals surface area contributed by atoms with Crippen LogP contribution in [-0.4, -0.2) is 23.7 Å². The molecular formula is C12H14N4O2. The molecule has 1 fully saturated rings. The maximum Gasteiger partial charge on any atom is 0.415 e. The lowest BCUT2D eigenvalue weighted by Gasteiger charge is -2.31. The van der Waals surface area contributed by atoms with Gasteiger partial charge in [0.2, 0.25) is 0 Å². The van der Waals surface area contributed by atoms with Crippen molar-refractivity contribution in [2.24, 2.45) is 5.11 Å². The molecule has 0 spiro atoms. The van der Waals surface area contributed by atoms with Gasteiger partial charge in [0.1, 0.15) is 11.9 Å². The molecule has 0 saturated carbocycles. The summed E-state index contributed by atoms with van der Waals surface area (Å²) >= 11 is 0. The van der Waals surface area contributed by atoms with Gasteiger partial charge < -0.3 is 4.74 Å². The summed E-state index contributed by atoms with van der Waals surface area (Å²) in [7, 11) is 0. The Morgan fingerprint density at radius 2 is 2.17 bits per heavy atom. The number of para-hydroxylation sites is 1. The number of piperidine rings is 1. The third-order valence-corrected chi connectivity index (χ3v) is 2.84. The van der Waals surface area contributed by atoms with Gasteiger partial charge in [-0.3, -0.25) is 4.90 Å². The summed E-state index contributed by atoms with van der Waals surface area (Å²) in [4.78, 5) is 16.2. The van der Waals surface area contributed by atoms with Gasteiger partial charge in [-0.2, -0.15) is 0 Å². The van der Waals surface area contributed by atoms with Crippen LogP contribution in [0.3, 0.4) is 0 Å². The monoisotopic (exact) mass is 246 g/mol. The van der Waals surface area contributed by atoms with Crippen LogP contribution in [0.5, 0.6) is 5.75 Å². The maximum absolute atomic E-state index is 12.0. The van der Waals surface area contributed by atoms with Crippen molar-refractivity contribution < 1.29 is 9.53 Å². The van der Waals surface area contributed by atoms with E-state index in [9.17, 15) is 4.79 Å². The molecule has 0 aromatic heterocycles. The molecule has 1 heterocycles. The molecule has 6 nitrogen and oxygen atoms in total. The molecule has 1 amide bonds. The molecule has 1 aromatic rings. The maximum atomic E-state index is 12.0. The molecule has 1 saturated heterocycles. The normalized spacial score (nSPS) is 18.9. The van der Waals surface area contributed by atoms with Crippen LogP contribution in [-0.2, 0) is 0 Å². The highest BCUT2D eigenvalue weighted by Gasteiger charge is 2.27. The van der Waals surface area contributed by atoms with Gasteiger partial charge in [0.25, 0.3) is 0 Å². The number of hydrogen-bond donors (Lipinski definition) is 0. The van der Waals surface area contributed by atoms with Gasteiger partial charge in [-0.15, -0.1) is 0 Å². The van der Waals surface area contributed by atoms with E-state index in [1.54, 1.807) is 24.3 Å². The number of ether oxygens (including phenoxy) is 1. The van der Waals surface area contributed by atoms with E-state index in [2.05, 4.69) is 10.0 Å². The van der Waals surface area contributed by atoms with Crippen LogP contribution in [0.1, 0.15) is 19.3 Å². The highest BCUT2D eigenvalue weighted by atomic mass is 16.6. The number of azide groups is 1. The van der Waals surface area contributed by atoms with Crippen LogP contribution in [0, 0.1) is 0 Å². The second-order valence-corrected chi connectivity index (χ2v) is 4.06. The summed E-state index contributed by atoms with van der Waals surface area (Å²) in [6.07, 6.45) is 1.66. The summed E-state index contributed by atoms with van der Waals surface area (Å²) in [6, 6.07) is 8.86. The molecule has 0 radical (unpaired) electrons. The first-order valence-electron chi connectivity index (χ1n) is 5.89. The molecule has 1 atom stereocenters. The highest BCUT2D eigenvalue weighted by Crippen LogP contribution is 2.20. The Balaban J connectivity index is 2.04. The van der Waals surface area contributed by atoms with Gasteiger partial charge in [0.05, 0.1) is 0 Å². The number of likely N-dealkylation sites (tertiary alicyclic amines) is 1. The standard InChI is InChI=1S/C12H14N4O2/c13-15-14-11-8-4-5-9-16(11)12(17)18-10-6-2-1-3-7-10/h1-3,6-7,11H,4-5,8-9H2. The topological polar surface area (TPSA) is 78.3 Å². The fraction of sp³-hybridized carbons (Fsp3) is 0.417. The Kier molecular flexibility index (Phi) is 4.04. The van der Waals surface area contributed by atoms with Crippen molar-refractivity contribution in [2.75, 3.05) is 6.54 Å². The molecule has 94 valence electrons. The van der Waals surface area contributed by atoms with Crippen molar-refractivity contribution in [2.45, 2.75) is 25.4 Å². The van der Waals surface area contributed by atoms with E-state index in [1.807, 2.05) is 6.07 Å². The summed E-state index contributed by atoms with van der Waals surface area (Å²) in [5.74, 6) is 0.493. The first-order chi connectivity index (χ1) is 8.81.